The Kier molecular flexibility index (Phi) is 4.81. The summed E-state index contributed by atoms with van der Waals surface area (Å²) in [5.41, 5.74) is 2.41. The van der Waals surface area contributed by atoms with Crippen LogP contribution >= 0.6 is 0 Å². The fourth-order valence-corrected chi connectivity index (χ4v) is 2.99. The van der Waals surface area contributed by atoms with Gasteiger partial charge in [0.05, 0.1) is 11.3 Å². The van der Waals surface area contributed by atoms with Gasteiger partial charge in [-0.05, 0) is 39.2 Å². The number of likely N-dealkylation sites (tertiary alicyclic amines) is 1. The third-order valence-electron chi connectivity index (χ3n) is 4.19. The number of hydrogen-bond donors (Lipinski definition) is 2. The molecular weight excluding hydrogens is 252 g/mol. The zero-order valence-corrected chi connectivity index (χ0v) is 13.0. The number of aromatic nitrogens is 2. The minimum atomic E-state index is 0.120. The van der Waals surface area contributed by atoms with Crippen molar-refractivity contribution in [2.75, 3.05) is 19.6 Å². The number of carbonyl (C=O) groups excluding carboxylic acids is 1. The highest BCUT2D eigenvalue weighted by molar-refractivity contribution is 5.96. The van der Waals surface area contributed by atoms with E-state index in [0.717, 1.165) is 49.4 Å². The third-order valence-corrected chi connectivity index (χ3v) is 4.19. The lowest BCUT2D eigenvalue weighted by atomic mass is 9.93. The second kappa shape index (κ2) is 6.39. The molecule has 2 N–H and O–H groups in total. The van der Waals surface area contributed by atoms with Gasteiger partial charge in [0.2, 0.25) is 0 Å². The smallest absolute Gasteiger partial charge is 0.257 e. The van der Waals surface area contributed by atoms with E-state index in [-0.39, 0.29) is 5.91 Å². The Morgan fingerprint density at radius 2 is 2.25 bits per heavy atom. The second-order valence-corrected chi connectivity index (χ2v) is 5.89. The predicted octanol–water partition coefficient (Wildman–Crippen LogP) is 1.88. The van der Waals surface area contributed by atoms with Crippen LogP contribution in [0.15, 0.2) is 0 Å². The Labute approximate surface area is 121 Å². The molecule has 1 aliphatic rings. The van der Waals surface area contributed by atoms with Gasteiger partial charge in [-0.2, -0.15) is 5.10 Å². The van der Waals surface area contributed by atoms with E-state index < -0.39 is 0 Å². The highest BCUT2D eigenvalue weighted by Gasteiger charge is 2.30. The van der Waals surface area contributed by atoms with E-state index in [4.69, 9.17) is 0 Å². The minimum Gasteiger partial charge on any atom is -0.338 e. The van der Waals surface area contributed by atoms with Crippen LogP contribution in [-0.2, 0) is 0 Å². The molecule has 0 saturated carbocycles. The molecule has 0 aliphatic carbocycles. The van der Waals surface area contributed by atoms with E-state index in [0.29, 0.717) is 12.0 Å². The van der Waals surface area contributed by atoms with E-state index in [1.165, 1.54) is 0 Å². The zero-order valence-electron chi connectivity index (χ0n) is 13.0. The maximum Gasteiger partial charge on any atom is 0.257 e. The lowest BCUT2D eigenvalue weighted by Crippen LogP contribution is -2.50. The van der Waals surface area contributed by atoms with Crippen molar-refractivity contribution in [3.05, 3.63) is 17.0 Å². The van der Waals surface area contributed by atoms with Gasteiger partial charge in [0.25, 0.3) is 5.91 Å². The first-order chi connectivity index (χ1) is 9.54. The van der Waals surface area contributed by atoms with Gasteiger partial charge in [0, 0.05) is 24.8 Å². The SMILES string of the molecule is CCCNC1CCN(C(=O)c2c(C)n[nH]c2C)CC1C. The van der Waals surface area contributed by atoms with Crippen molar-refractivity contribution in [1.29, 1.82) is 0 Å². The first-order valence-corrected chi connectivity index (χ1v) is 7.58. The van der Waals surface area contributed by atoms with Crippen molar-refractivity contribution in [2.24, 2.45) is 5.92 Å². The number of H-pyrrole nitrogens is 1. The summed E-state index contributed by atoms with van der Waals surface area (Å²) >= 11 is 0. The van der Waals surface area contributed by atoms with Crippen LogP contribution in [0.3, 0.4) is 0 Å². The molecule has 1 saturated heterocycles. The average molecular weight is 278 g/mol. The number of carbonyl (C=O) groups is 1. The largest absolute Gasteiger partial charge is 0.338 e. The van der Waals surface area contributed by atoms with Crippen LogP contribution in [0, 0.1) is 19.8 Å². The molecule has 5 nitrogen and oxygen atoms in total. The van der Waals surface area contributed by atoms with Crippen molar-refractivity contribution in [2.45, 2.75) is 46.6 Å². The van der Waals surface area contributed by atoms with Crippen molar-refractivity contribution in [1.82, 2.24) is 20.4 Å². The fraction of sp³-hybridized carbons (Fsp3) is 0.733. The van der Waals surface area contributed by atoms with E-state index in [9.17, 15) is 4.79 Å². The molecular formula is C15H26N4O. The molecule has 5 heteroatoms. The van der Waals surface area contributed by atoms with E-state index in [2.05, 4.69) is 29.4 Å². The Bertz CT molecular complexity index is 449. The molecule has 112 valence electrons. The van der Waals surface area contributed by atoms with Gasteiger partial charge < -0.3 is 10.2 Å². The van der Waals surface area contributed by atoms with Crippen molar-refractivity contribution in [3.63, 3.8) is 0 Å². The molecule has 0 spiro atoms. The summed E-state index contributed by atoms with van der Waals surface area (Å²) in [5.74, 6) is 0.612. The van der Waals surface area contributed by atoms with Crippen molar-refractivity contribution >= 4 is 5.91 Å². The molecule has 1 aromatic heterocycles. The summed E-state index contributed by atoms with van der Waals surface area (Å²) in [6.07, 6.45) is 2.18. The second-order valence-electron chi connectivity index (χ2n) is 5.89. The summed E-state index contributed by atoms with van der Waals surface area (Å²) in [4.78, 5) is 14.6. The topological polar surface area (TPSA) is 61.0 Å². The van der Waals surface area contributed by atoms with Crippen LogP contribution in [-0.4, -0.2) is 46.7 Å². The summed E-state index contributed by atoms with van der Waals surface area (Å²) in [5, 5.41) is 10.6. The van der Waals surface area contributed by atoms with Crippen molar-refractivity contribution < 1.29 is 4.79 Å². The highest BCUT2D eigenvalue weighted by Crippen LogP contribution is 2.21. The van der Waals surface area contributed by atoms with Crippen molar-refractivity contribution in [3.8, 4) is 0 Å². The fourth-order valence-electron chi connectivity index (χ4n) is 2.99. The molecule has 0 aromatic carbocycles. The number of nitrogens with one attached hydrogen (secondary N) is 2. The number of piperidine rings is 1. The van der Waals surface area contributed by atoms with Crippen LogP contribution in [0.4, 0.5) is 0 Å². The maximum atomic E-state index is 12.6. The molecule has 2 rings (SSSR count). The molecule has 1 aromatic rings. The molecule has 1 fully saturated rings. The molecule has 2 heterocycles. The summed E-state index contributed by atoms with van der Waals surface area (Å²) in [6.45, 7) is 10.9. The highest BCUT2D eigenvalue weighted by atomic mass is 16.2. The van der Waals surface area contributed by atoms with Crippen LogP contribution in [0.1, 0.15) is 48.4 Å². The molecule has 0 bridgehead atoms. The van der Waals surface area contributed by atoms with E-state index in [1.807, 2.05) is 18.7 Å². The summed E-state index contributed by atoms with van der Waals surface area (Å²) < 4.78 is 0. The van der Waals surface area contributed by atoms with Crippen LogP contribution in [0.25, 0.3) is 0 Å². The van der Waals surface area contributed by atoms with Gasteiger partial charge in [-0.3, -0.25) is 9.89 Å². The van der Waals surface area contributed by atoms with Crippen LogP contribution in [0.2, 0.25) is 0 Å². The molecule has 1 amide bonds. The van der Waals surface area contributed by atoms with Gasteiger partial charge in [0.1, 0.15) is 0 Å². The standard InChI is InChI=1S/C15H26N4O/c1-5-7-16-13-6-8-19(9-10(13)2)15(20)14-11(3)17-18-12(14)4/h10,13,16H,5-9H2,1-4H3,(H,17,18). The minimum absolute atomic E-state index is 0.120. The molecule has 2 atom stereocenters. The summed E-state index contributed by atoms with van der Waals surface area (Å²) in [6, 6.07) is 0.533. The predicted molar refractivity (Wildman–Crippen MR) is 79.8 cm³/mol. The normalized spacial score (nSPS) is 23.1. The van der Waals surface area contributed by atoms with E-state index >= 15 is 0 Å². The Hall–Kier alpha value is -1.36. The third kappa shape index (κ3) is 3.03. The first kappa shape index (κ1) is 15.0. The number of hydrogen-bond acceptors (Lipinski definition) is 3. The van der Waals surface area contributed by atoms with Gasteiger partial charge in [-0.1, -0.05) is 13.8 Å². The number of aryl methyl sites for hydroxylation is 2. The van der Waals surface area contributed by atoms with Crippen LogP contribution in [0.5, 0.6) is 0 Å². The molecule has 20 heavy (non-hydrogen) atoms. The Morgan fingerprint density at radius 3 is 2.80 bits per heavy atom. The molecule has 0 radical (unpaired) electrons. The average Bonchev–Trinajstić information content (AvgIpc) is 2.76. The number of nitrogens with zero attached hydrogens (tertiary/aromatic N) is 2. The summed E-state index contributed by atoms with van der Waals surface area (Å²) in [7, 11) is 0. The molecule has 1 aliphatic heterocycles. The first-order valence-electron chi connectivity index (χ1n) is 7.58. The molecule has 2 unspecified atom stereocenters. The number of amides is 1. The van der Waals surface area contributed by atoms with Crippen LogP contribution < -0.4 is 5.32 Å². The van der Waals surface area contributed by atoms with E-state index in [1.54, 1.807) is 0 Å². The van der Waals surface area contributed by atoms with Gasteiger partial charge in [0.15, 0.2) is 0 Å². The Morgan fingerprint density at radius 1 is 1.50 bits per heavy atom. The van der Waals surface area contributed by atoms with Gasteiger partial charge in [-0.25, -0.2) is 0 Å². The Balaban J connectivity index is 2.00. The maximum absolute atomic E-state index is 12.6. The lowest BCUT2D eigenvalue weighted by molar-refractivity contribution is 0.0644. The monoisotopic (exact) mass is 278 g/mol. The van der Waals surface area contributed by atoms with Gasteiger partial charge in [-0.15, -0.1) is 0 Å². The lowest BCUT2D eigenvalue weighted by Gasteiger charge is -2.37. The van der Waals surface area contributed by atoms with Gasteiger partial charge >= 0.3 is 0 Å². The number of rotatable bonds is 4. The zero-order chi connectivity index (χ0) is 14.7. The quantitative estimate of drug-likeness (QED) is 0.884. The number of aromatic amines is 1.